The summed E-state index contributed by atoms with van der Waals surface area (Å²) in [7, 11) is 2.07. The minimum atomic E-state index is -0.127. The van der Waals surface area contributed by atoms with Gasteiger partial charge in [-0.2, -0.15) is 0 Å². The van der Waals surface area contributed by atoms with Gasteiger partial charge < -0.3 is 25.0 Å². The Morgan fingerprint density at radius 1 is 1.05 bits per heavy atom. The fraction of sp³-hybridized carbons (Fsp3) is 0.321. The molecular weight excluding hydrogens is 468 g/mol. The van der Waals surface area contributed by atoms with Gasteiger partial charge in [-0.05, 0) is 55.4 Å². The van der Waals surface area contributed by atoms with Gasteiger partial charge >= 0.3 is 6.03 Å². The largest absolute Gasteiger partial charge is 0.493 e. The Labute approximate surface area is 217 Å². The van der Waals surface area contributed by atoms with Crippen LogP contribution < -0.4 is 15.4 Å². The van der Waals surface area contributed by atoms with Crippen molar-refractivity contribution in [3.63, 3.8) is 0 Å². The van der Waals surface area contributed by atoms with E-state index in [0.717, 1.165) is 46.9 Å². The topological polar surface area (TPSA) is 91.8 Å². The van der Waals surface area contributed by atoms with E-state index in [9.17, 15) is 4.79 Å². The normalized spacial score (nSPS) is 17.5. The molecule has 9 heteroatoms. The molecule has 0 atom stereocenters. The Morgan fingerprint density at radius 2 is 1.95 bits per heavy atom. The molecule has 0 radical (unpaired) electrons. The van der Waals surface area contributed by atoms with E-state index in [-0.39, 0.29) is 6.03 Å². The van der Waals surface area contributed by atoms with Crippen molar-refractivity contribution in [3.8, 4) is 17.0 Å². The lowest BCUT2D eigenvalue weighted by molar-refractivity contribution is 0.0564. The highest BCUT2D eigenvalue weighted by molar-refractivity contribution is 5.90. The molecule has 1 saturated heterocycles. The predicted octanol–water partition coefficient (Wildman–Crippen LogP) is 4.52. The van der Waals surface area contributed by atoms with Crippen LogP contribution in [0.5, 0.6) is 5.75 Å². The molecule has 6 bridgehead atoms. The van der Waals surface area contributed by atoms with Crippen LogP contribution in [0, 0.1) is 0 Å². The third kappa shape index (κ3) is 6.84. The minimum Gasteiger partial charge on any atom is -0.493 e. The summed E-state index contributed by atoms with van der Waals surface area (Å²) in [6.45, 7) is 4.39. The summed E-state index contributed by atoms with van der Waals surface area (Å²) in [6, 6.07) is 15.7. The van der Waals surface area contributed by atoms with Crippen molar-refractivity contribution in [3.05, 3.63) is 72.4 Å². The van der Waals surface area contributed by atoms with E-state index in [1.54, 1.807) is 11.1 Å². The summed E-state index contributed by atoms with van der Waals surface area (Å²) in [5.41, 5.74) is 4.32. The second kappa shape index (κ2) is 11.9. The third-order valence-corrected chi connectivity index (χ3v) is 6.17. The van der Waals surface area contributed by atoms with E-state index in [1.165, 1.54) is 0 Å². The molecule has 1 aromatic heterocycles. The number of anilines is 3. The van der Waals surface area contributed by atoms with Crippen LogP contribution in [0.3, 0.4) is 0 Å². The number of hydrogen-bond donors (Lipinski definition) is 2. The highest BCUT2D eigenvalue weighted by Gasteiger charge is 2.17. The van der Waals surface area contributed by atoms with Crippen LogP contribution in [-0.4, -0.2) is 72.3 Å². The van der Waals surface area contributed by atoms with Crippen LogP contribution in [0.15, 0.2) is 66.9 Å². The molecule has 3 heterocycles. The van der Waals surface area contributed by atoms with Gasteiger partial charge in [0, 0.05) is 49.3 Å². The molecule has 2 amide bonds. The number of urea groups is 1. The van der Waals surface area contributed by atoms with Crippen molar-refractivity contribution in [2.75, 3.05) is 57.1 Å². The molecule has 5 rings (SSSR count). The van der Waals surface area contributed by atoms with Crippen LogP contribution in [0.4, 0.5) is 22.1 Å². The van der Waals surface area contributed by atoms with Crippen molar-refractivity contribution in [1.82, 2.24) is 19.8 Å². The lowest BCUT2D eigenvalue weighted by atomic mass is 10.1. The molecule has 192 valence electrons. The highest BCUT2D eigenvalue weighted by Crippen LogP contribution is 2.26. The molecule has 0 saturated carbocycles. The predicted molar refractivity (Wildman–Crippen MR) is 144 cm³/mol. The number of morpholine rings is 1. The molecule has 37 heavy (non-hydrogen) atoms. The summed E-state index contributed by atoms with van der Waals surface area (Å²) in [5.74, 6) is 1.29. The van der Waals surface area contributed by atoms with E-state index in [1.807, 2.05) is 42.5 Å². The lowest BCUT2D eigenvalue weighted by Crippen LogP contribution is -2.43. The van der Waals surface area contributed by atoms with Gasteiger partial charge in [0.05, 0.1) is 25.5 Å². The number of amides is 2. The zero-order valence-corrected chi connectivity index (χ0v) is 21.0. The van der Waals surface area contributed by atoms with Crippen LogP contribution in [0.25, 0.3) is 11.3 Å². The fourth-order valence-electron chi connectivity index (χ4n) is 4.34. The second-order valence-corrected chi connectivity index (χ2v) is 9.17. The third-order valence-electron chi connectivity index (χ3n) is 6.17. The zero-order valence-electron chi connectivity index (χ0n) is 21.0. The van der Waals surface area contributed by atoms with Crippen molar-refractivity contribution in [2.45, 2.75) is 13.0 Å². The average molecular weight is 501 g/mol. The number of fused-ring (bicyclic) bond motifs is 7. The maximum Gasteiger partial charge on any atom is 0.322 e. The minimum absolute atomic E-state index is 0.127. The van der Waals surface area contributed by atoms with Gasteiger partial charge in [0.2, 0.25) is 5.95 Å². The Balaban J connectivity index is 1.45. The van der Waals surface area contributed by atoms with Crippen molar-refractivity contribution >= 4 is 23.4 Å². The van der Waals surface area contributed by atoms with Crippen LogP contribution in [0.2, 0.25) is 0 Å². The Morgan fingerprint density at radius 3 is 2.84 bits per heavy atom. The average Bonchev–Trinajstić information content (AvgIpc) is 2.91. The first-order valence-corrected chi connectivity index (χ1v) is 12.6. The molecule has 0 aliphatic carbocycles. The van der Waals surface area contributed by atoms with Gasteiger partial charge in [-0.25, -0.2) is 14.8 Å². The van der Waals surface area contributed by atoms with Gasteiger partial charge in [-0.3, -0.25) is 4.90 Å². The number of carbonyl (C=O) groups is 1. The molecule has 2 aromatic carbocycles. The first-order valence-electron chi connectivity index (χ1n) is 12.6. The number of nitrogens with zero attached hydrogens (tertiary/aromatic N) is 4. The van der Waals surface area contributed by atoms with Crippen LogP contribution in [-0.2, 0) is 11.3 Å². The van der Waals surface area contributed by atoms with Gasteiger partial charge in [0.15, 0.2) is 0 Å². The second-order valence-electron chi connectivity index (χ2n) is 9.17. The number of benzene rings is 2. The molecule has 3 aromatic rings. The van der Waals surface area contributed by atoms with E-state index in [0.29, 0.717) is 45.4 Å². The smallest absolute Gasteiger partial charge is 0.322 e. The number of rotatable bonds is 1. The summed E-state index contributed by atoms with van der Waals surface area (Å²) < 4.78 is 11.3. The molecule has 0 spiro atoms. The van der Waals surface area contributed by atoms with Crippen molar-refractivity contribution in [2.24, 2.45) is 0 Å². The molecule has 0 unspecified atom stereocenters. The maximum atomic E-state index is 12.9. The number of nitrogens with one attached hydrogen (secondary N) is 2. The lowest BCUT2D eigenvalue weighted by Gasteiger charge is -2.27. The standard InChI is InChI=1S/C28H32N6O3/c1-33-10-3-2-4-13-37-25-7-5-6-22(18-25)26-8-9-29-27(32-26)30-23-16-21(20-33)17-24(19-23)31-28(35)34-11-14-36-15-12-34/h2-3,5-9,16-19H,4,10-15,20H2,1H3,(H,31,35)(H,29,30,32)/b3-2+. The number of ether oxygens (including phenoxy) is 2. The van der Waals surface area contributed by atoms with Crippen molar-refractivity contribution < 1.29 is 14.3 Å². The van der Waals surface area contributed by atoms with Gasteiger partial charge in [0.1, 0.15) is 5.75 Å². The number of hydrogen-bond acceptors (Lipinski definition) is 7. The van der Waals surface area contributed by atoms with Crippen LogP contribution in [0.1, 0.15) is 12.0 Å². The number of likely N-dealkylation sites (N-methyl/N-ethyl adjacent to an activating group) is 1. The Bertz CT molecular complexity index is 1260. The molecule has 2 aliphatic heterocycles. The van der Waals surface area contributed by atoms with E-state index < -0.39 is 0 Å². The van der Waals surface area contributed by atoms with Crippen LogP contribution >= 0.6 is 0 Å². The number of carbonyl (C=O) groups excluding carboxylic acids is 1. The first-order chi connectivity index (χ1) is 18.1. The van der Waals surface area contributed by atoms with Crippen molar-refractivity contribution in [1.29, 1.82) is 0 Å². The summed E-state index contributed by atoms with van der Waals surface area (Å²) in [6.07, 6.45) is 6.86. The molecule has 9 nitrogen and oxygen atoms in total. The quantitative estimate of drug-likeness (QED) is 0.475. The highest BCUT2D eigenvalue weighted by atomic mass is 16.5. The fourth-order valence-corrected chi connectivity index (χ4v) is 4.34. The van der Waals surface area contributed by atoms with E-state index in [2.05, 4.69) is 45.8 Å². The van der Waals surface area contributed by atoms with Gasteiger partial charge in [-0.1, -0.05) is 24.3 Å². The number of aromatic nitrogens is 2. The Hall–Kier alpha value is -3.95. The van der Waals surface area contributed by atoms with E-state index in [4.69, 9.17) is 14.5 Å². The van der Waals surface area contributed by atoms with Gasteiger partial charge in [0.25, 0.3) is 0 Å². The SMILES string of the molecule is CN1C/C=C/CCOc2cccc(c2)-c2ccnc(n2)Nc2cc(cc(NC(=O)N3CCOCC3)c2)C1. The molecule has 2 aliphatic rings. The Kier molecular flexibility index (Phi) is 7.93. The summed E-state index contributed by atoms with van der Waals surface area (Å²) >= 11 is 0. The van der Waals surface area contributed by atoms with E-state index >= 15 is 0 Å². The molecular formula is C28H32N6O3. The summed E-state index contributed by atoms with van der Waals surface area (Å²) in [4.78, 5) is 26.0. The first kappa shape index (κ1) is 24.7. The zero-order chi connectivity index (χ0) is 25.5. The molecule has 1 fully saturated rings. The maximum absolute atomic E-state index is 12.9. The molecule has 2 N–H and O–H groups in total. The van der Waals surface area contributed by atoms with Gasteiger partial charge in [-0.15, -0.1) is 0 Å². The monoisotopic (exact) mass is 500 g/mol. The summed E-state index contributed by atoms with van der Waals surface area (Å²) in [5, 5.41) is 6.39.